The van der Waals surface area contributed by atoms with E-state index in [-0.39, 0.29) is 35.2 Å². The third kappa shape index (κ3) is 2.82. The largest absolute Gasteiger partial charge is 0.494 e. The lowest BCUT2D eigenvalue weighted by Gasteiger charge is -2.44. The molecule has 1 N–H and O–H groups in total. The number of fused-ring (bicyclic) bond motifs is 2. The molecule has 3 heterocycles. The van der Waals surface area contributed by atoms with Crippen LogP contribution in [0.4, 0.5) is 4.39 Å². The summed E-state index contributed by atoms with van der Waals surface area (Å²) in [6, 6.07) is 8.55. The van der Waals surface area contributed by atoms with Crippen molar-refractivity contribution in [2.45, 2.75) is 24.9 Å². The normalized spacial score (nSPS) is 17.7. The molecule has 1 aromatic heterocycles. The molecule has 7 nitrogen and oxygen atoms in total. The lowest BCUT2D eigenvalue weighted by Crippen LogP contribution is -2.52. The first-order valence-corrected chi connectivity index (χ1v) is 9.81. The van der Waals surface area contributed by atoms with Crippen LogP contribution in [0.2, 0.25) is 0 Å². The molecule has 0 atom stereocenters. The van der Waals surface area contributed by atoms with Gasteiger partial charge >= 0.3 is 0 Å². The van der Waals surface area contributed by atoms with Crippen molar-refractivity contribution in [1.82, 2.24) is 15.1 Å². The number of amides is 1. The SMILES string of the molecule is COc1ccc2c(c1F)C(=O)CC1(CCN(C(=O)c3cccc4cn[nH]c34)CC1)O2. The van der Waals surface area contributed by atoms with Crippen LogP contribution in [0, 0.1) is 5.82 Å². The second-order valence-corrected chi connectivity index (χ2v) is 7.77. The number of rotatable bonds is 2. The highest BCUT2D eigenvalue weighted by Crippen LogP contribution is 2.42. The fraction of sp³-hybridized carbons (Fsp3) is 0.318. The predicted octanol–water partition coefficient (Wildman–Crippen LogP) is 3.35. The van der Waals surface area contributed by atoms with E-state index in [0.717, 1.165) is 5.39 Å². The van der Waals surface area contributed by atoms with E-state index in [2.05, 4.69) is 10.2 Å². The van der Waals surface area contributed by atoms with Gasteiger partial charge in [0, 0.05) is 31.3 Å². The maximum atomic E-state index is 14.5. The number of likely N-dealkylation sites (tertiary alicyclic amines) is 1. The number of aromatic amines is 1. The van der Waals surface area contributed by atoms with Crippen LogP contribution in [0.5, 0.6) is 11.5 Å². The number of nitrogens with zero attached hydrogens (tertiary/aromatic N) is 2. The number of aromatic nitrogens is 2. The van der Waals surface area contributed by atoms with Gasteiger partial charge in [0.15, 0.2) is 17.3 Å². The van der Waals surface area contributed by atoms with Crippen molar-refractivity contribution in [3.05, 3.63) is 53.5 Å². The minimum Gasteiger partial charge on any atom is -0.494 e. The van der Waals surface area contributed by atoms with Gasteiger partial charge in [-0.3, -0.25) is 14.7 Å². The van der Waals surface area contributed by atoms with Gasteiger partial charge in [0.25, 0.3) is 5.91 Å². The molecule has 1 amide bonds. The summed E-state index contributed by atoms with van der Waals surface area (Å²) in [5.74, 6) is -0.801. The summed E-state index contributed by atoms with van der Waals surface area (Å²) in [5.41, 5.74) is 0.512. The van der Waals surface area contributed by atoms with Crippen molar-refractivity contribution in [2.24, 2.45) is 0 Å². The Labute approximate surface area is 171 Å². The molecule has 5 rings (SSSR count). The zero-order chi connectivity index (χ0) is 20.9. The summed E-state index contributed by atoms with van der Waals surface area (Å²) < 4.78 is 25.6. The molecule has 0 radical (unpaired) electrons. The molecule has 1 saturated heterocycles. The molecule has 1 fully saturated rings. The van der Waals surface area contributed by atoms with Crippen LogP contribution in [0.1, 0.15) is 40.0 Å². The Morgan fingerprint density at radius 3 is 2.83 bits per heavy atom. The Morgan fingerprint density at radius 2 is 2.07 bits per heavy atom. The first kappa shape index (κ1) is 18.6. The number of benzene rings is 2. The summed E-state index contributed by atoms with van der Waals surface area (Å²) >= 11 is 0. The molecule has 2 aliphatic rings. The number of carbonyl (C=O) groups is 2. The van der Waals surface area contributed by atoms with Crippen molar-refractivity contribution in [3.63, 3.8) is 0 Å². The van der Waals surface area contributed by atoms with Crippen LogP contribution >= 0.6 is 0 Å². The smallest absolute Gasteiger partial charge is 0.256 e. The second-order valence-electron chi connectivity index (χ2n) is 7.77. The quantitative estimate of drug-likeness (QED) is 0.702. The third-order valence-corrected chi connectivity index (χ3v) is 6.05. The molecule has 0 bridgehead atoms. The average Bonchev–Trinajstić information content (AvgIpc) is 3.23. The molecule has 30 heavy (non-hydrogen) atoms. The summed E-state index contributed by atoms with van der Waals surface area (Å²) in [7, 11) is 1.36. The first-order chi connectivity index (χ1) is 14.5. The summed E-state index contributed by atoms with van der Waals surface area (Å²) in [6.07, 6.45) is 2.76. The lowest BCUT2D eigenvalue weighted by atomic mass is 9.82. The minimum absolute atomic E-state index is 0.0232. The topological polar surface area (TPSA) is 84.5 Å². The number of hydrogen-bond donors (Lipinski definition) is 1. The Bertz CT molecular complexity index is 1160. The van der Waals surface area contributed by atoms with Crippen molar-refractivity contribution in [3.8, 4) is 11.5 Å². The average molecular weight is 409 g/mol. The number of carbonyl (C=O) groups excluding carboxylic acids is 2. The monoisotopic (exact) mass is 409 g/mol. The van der Waals surface area contributed by atoms with Crippen molar-refractivity contribution in [1.29, 1.82) is 0 Å². The Balaban J connectivity index is 1.36. The number of para-hydroxylation sites is 1. The van der Waals surface area contributed by atoms with Gasteiger partial charge in [-0.1, -0.05) is 12.1 Å². The zero-order valence-corrected chi connectivity index (χ0v) is 16.4. The highest BCUT2D eigenvalue weighted by atomic mass is 19.1. The van der Waals surface area contributed by atoms with Crippen molar-refractivity contribution < 1.29 is 23.5 Å². The summed E-state index contributed by atoms with van der Waals surface area (Å²) in [6.45, 7) is 0.898. The maximum absolute atomic E-state index is 14.5. The number of piperidine rings is 1. The number of methoxy groups -OCH3 is 1. The van der Waals surface area contributed by atoms with Gasteiger partial charge in [0.1, 0.15) is 11.4 Å². The number of Topliss-reactive ketones (excluding diaryl/α,β-unsaturated/α-hetero) is 1. The molecule has 8 heteroatoms. The number of nitrogens with one attached hydrogen (secondary N) is 1. The fourth-order valence-electron chi connectivity index (χ4n) is 4.41. The standard InChI is InChI=1S/C22H20FN3O4/c1-29-17-6-5-16-18(19(17)23)15(27)11-22(30-16)7-9-26(10-8-22)21(28)14-4-2-3-13-12-24-25-20(13)14/h2-6,12H,7-11H2,1H3,(H,24,25). The van der Waals surface area contributed by atoms with Gasteiger partial charge in [-0.15, -0.1) is 0 Å². The second kappa shape index (κ2) is 6.83. The molecule has 2 aromatic carbocycles. The van der Waals surface area contributed by atoms with Crippen LogP contribution in [-0.2, 0) is 0 Å². The van der Waals surface area contributed by atoms with E-state index in [4.69, 9.17) is 9.47 Å². The van der Waals surface area contributed by atoms with E-state index in [0.29, 0.717) is 37.0 Å². The van der Waals surface area contributed by atoms with E-state index < -0.39 is 11.4 Å². The van der Waals surface area contributed by atoms with E-state index >= 15 is 0 Å². The number of halogens is 1. The van der Waals surface area contributed by atoms with Crippen molar-refractivity contribution in [2.75, 3.05) is 20.2 Å². The van der Waals surface area contributed by atoms with Crippen molar-refractivity contribution >= 4 is 22.6 Å². The highest BCUT2D eigenvalue weighted by Gasteiger charge is 2.45. The molecule has 0 saturated carbocycles. The number of hydrogen-bond acceptors (Lipinski definition) is 5. The fourth-order valence-corrected chi connectivity index (χ4v) is 4.41. The Kier molecular flexibility index (Phi) is 4.23. The highest BCUT2D eigenvalue weighted by molar-refractivity contribution is 6.05. The Morgan fingerprint density at radius 1 is 1.27 bits per heavy atom. The van der Waals surface area contributed by atoms with Gasteiger partial charge in [-0.2, -0.15) is 5.10 Å². The molecular weight excluding hydrogens is 389 g/mol. The molecule has 1 spiro atoms. The third-order valence-electron chi connectivity index (χ3n) is 6.05. The maximum Gasteiger partial charge on any atom is 0.256 e. The minimum atomic E-state index is -0.720. The van der Waals surface area contributed by atoms with E-state index in [1.165, 1.54) is 13.2 Å². The molecular formula is C22H20FN3O4. The lowest BCUT2D eigenvalue weighted by molar-refractivity contribution is -0.00623. The van der Waals surface area contributed by atoms with Gasteiger partial charge in [0.2, 0.25) is 0 Å². The van der Waals surface area contributed by atoms with E-state index in [1.54, 1.807) is 23.2 Å². The molecule has 154 valence electrons. The van der Waals surface area contributed by atoms with Gasteiger partial charge in [0.05, 0.1) is 36.4 Å². The first-order valence-electron chi connectivity index (χ1n) is 9.81. The van der Waals surface area contributed by atoms with Crippen LogP contribution in [-0.4, -0.2) is 52.6 Å². The van der Waals surface area contributed by atoms with E-state index in [1.807, 2.05) is 12.1 Å². The van der Waals surface area contributed by atoms with Gasteiger partial charge < -0.3 is 14.4 Å². The molecule has 2 aliphatic heterocycles. The molecule has 3 aromatic rings. The van der Waals surface area contributed by atoms with Crippen LogP contribution in [0.25, 0.3) is 10.9 Å². The summed E-state index contributed by atoms with van der Waals surface area (Å²) in [4.78, 5) is 27.6. The predicted molar refractivity (Wildman–Crippen MR) is 106 cm³/mol. The number of ether oxygens (including phenoxy) is 2. The van der Waals surface area contributed by atoms with Gasteiger partial charge in [-0.25, -0.2) is 4.39 Å². The van der Waals surface area contributed by atoms with Gasteiger partial charge in [-0.05, 0) is 18.2 Å². The Hall–Kier alpha value is -3.42. The number of H-pyrrole nitrogens is 1. The molecule has 0 aliphatic carbocycles. The van der Waals surface area contributed by atoms with Crippen LogP contribution < -0.4 is 9.47 Å². The summed E-state index contributed by atoms with van der Waals surface area (Å²) in [5, 5.41) is 7.78. The zero-order valence-electron chi connectivity index (χ0n) is 16.4. The van der Waals surface area contributed by atoms with E-state index in [9.17, 15) is 14.0 Å². The molecule has 0 unspecified atom stereocenters. The van der Waals surface area contributed by atoms with Crippen LogP contribution in [0.15, 0.2) is 36.5 Å². The van der Waals surface area contributed by atoms with Crippen LogP contribution in [0.3, 0.4) is 0 Å². The number of ketones is 1.